The summed E-state index contributed by atoms with van der Waals surface area (Å²) >= 11 is 0. The zero-order chi connectivity index (χ0) is 11.2. The third-order valence-corrected chi connectivity index (χ3v) is 3.18. The molecule has 1 aromatic carbocycles. The minimum Gasteiger partial charge on any atom is -0.314 e. The van der Waals surface area contributed by atoms with Gasteiger partial charge in [-0.05, 0) is 49.8 Å². The van der Waals surface area contributed by atoms with Crippen molar-refractivity contribution in [2.45, 2.75) is 51.5 Å². The van der Waals surface area contributed by atoms with E-state index in [9.17, 15) is 0 Å². The van der Waals surface area contributed by atoms with Crippen molar-refractivity contribution in [2.75, 3.05) is 6.54 Å². The smallest absolute Gasteiger partial charge is 0.00682 e. The van der Waals surface area contributed by atoms with Crippen LogP contribution in [0.4, 0.5) is 0 Å². The summed E-state index contributed by atoms with van der Waals surface area (Å²) in [6.45, 7) is 3.43. The summed E-state index contributed by atoms with van der Waals surface area (Å²) in [6.07, 6.45) is 7.74. The van der Waals surface area contributed by atoms with Gasteiger partial charge in [0.15, 0.2) is 0 Å². The molecule has 0 spiro atoms. The average Bonchev–Trinajstić information content (AvgIpc) is 3.09. The maximum Gasteiger partial charge on any atom is 0.00682 e. The van der Waals surface area contributed by atoms with Gasteiger partial charge in [-0.1, -0.05) is 37.6 Å². The van der Waals surface area contributed by atoms with Crippen molar-refractivity contribution in [1.82, 2.24) is 5.32 Å². The van der Waals surface area contributed by atoms with Crippen LogP contribution < -0.4 is 5.32 Å². The molecule has 0 aromatic heterocycles. The van der Waals surface area contributed by atoms with Crippen LogP contribution in [-0.2, 0) is 12.8 Å². The SMILES string of the molecule is CCCc1cccc(CCCNC2CC2)c1. The van der Waals surface area contributed by atoms with Gasteiger partial charge in [0.1, 0.15) is 0 Å². The van der Waals surface area contributed by atoms with Gasteiger partial charge in [0.2, 0.25) is 0 Å². The molecular formula is C15H23N. The number of hydrogen-bond donors (Lipinski definition) is 1. The molecule has 1 aromatic rings. The van der Waals surface area contributed by atoms with Crippen LogP contribution >= 0.6 is 0 Å². The summed E-state index contributed by atoms with van der Waals surface area (Å²) < 4.78 is 0. The number of nitrogens with one attached hydrogen (secondary N) is 1. The van der Waals surface area contributed by atoms with E-state index >= 15 is 0 Å². The molecule has 0 unspecified atom stereocenters. The highest BCUT2D eigenvalue weighted by Crippen LogP contribution is 2.18. The summed E-state index contributed by atoms with van der Waals surface area (Å²) in [7, 11) is 0. The third-order valence-electron chi connectivity index (χ3n) is 3.18. The molecule has 0 amide bonds. The Labute approximate surface area is 99.3 Å². The van der Waals surface area contributed by atoms with E-state index in [1.54, 1.807) is 0 Å². The van der Waals surface area contributed by atoms with Crippen LogP contribution in [0.15, 0.2) is 24.3 Å². The van der Waals surface area contributed by atoms with E-state index in [-0.39, 0.29) is 0 Å². The minimum atomic E-state index is 0.853. The zero-order valence-corrected chi connectivity index (χ0v) is 10.3. The van der Waals surface area contributed by atoms with E-state index in [0.29, 0.717) is 0 Å². The molecule has 0 saturated heterocycles. The number of aryl methyl sites for hydroxylation is 2. The fraction of sp³-hybridized carbons (Fsp3) is 0.600. The fourth-order valence-electron chi connectivity index (χ4n) is 2.12. The molecule has 1 N–H and O–H groups in total. The van der Waals surface area contributed by atoms with Crippen molar-refractivity contribution >= 4 is 0 Å². The molecule has 2 rings (SSSR count). The first-order valence-corrected chi connectivity index (χ1v) is 6.69. The first-order valence-electron chi connectivity index (χ1n) is 6.69. The lowest BCUT2D eigenvalue weighted by molar-refractivity contribution is 0.645. The van der Waals surface area contributed by atoms with E-state index in [4.69, 9.17) is 0 Å². The van der Waals surface area contributed by atoms with Crippen LogP contribution in [-0.4, -0.2) is 12.6 Å². The largest absolute Gasteiger partial charge is 0.314 e. The van der Waals surface area contributed by atoms with Gasteiger partial charge in [-0.2, -0.15) is 0 Å². The van der Waals surface area contributed by atoms with E-state index in [1.165, 1.54) is 56.2 Å². The van der Waals surface area contributed by atoms with Gasteiger partial charge in [-0.25, -0.2) is 0 Å². The monoisotopic (exact) mass is 217 g/mol. The maximum absolute atomic E-state index is 3.57. The Morgan fingerprint density at radius 3 is 2.62 bits per heavy atom. The summed E-state index contributed by atoms with van der Waals surface area (Å²) in [5, 5.41) is 3.57. The summed E-state index contributed by atoms with van der Waals surface area (Å²) in [5.74, 6) is 0. The highest BCUT2D eigenvalue weighted by Gasteiger charge is 2.19. The van der Waals surface area contributed by atoms with Gasteiger partial charge in [0.05, 0.1) is 0 Å². The highest BCUT2D eigenvalue weighted by molar-refractivity contribution is 5.23. The van der Waals surface area contributed by atoms with Gasteiger partial charge in [-0.3, -0.25) is 0 Å². The third kappa shape index (κ3) is 3.97. The molecule has 0 radical (unpaired) electrons. The van der Waals surface area contributed by atoms with Crippen molar-refractivity contribution in [2.24, 2.45) is 0 Å². The van der Waals surface area contributed by atoms with Crippen LogP contribution in [0.3, 0.4) is 0 Å². The van der Waals surface area contributed by atoms with E-state index in [2.05, 4.69) is 36.5 Å². The van der Waals surface area contributed by atoms with Crippen LogP contribution in [0.1, 0.15) is 43.7 Å². The molecule has 1 nitrogen and oxygen atoms in total. The van der Waals surface area contributed by atoms with Crippen molar-refractivity contribution in [3.05, 3.63) is 35.4 Å². The van der Waals surface area contributed by atoms with Gasteiger partial charge in [0.25, 0.3) is 0 Å². The van der Waals surface area contributed by atoms with Crippen molar-refractivity contribution < 1.29 is 0 Å². The van der Waals surface area contributed by atoms with Crippen LogP contribution in [0.5, 0.6) is 0 Å². The zero-order valence-electron chi connectivity index (χ0n) is 10.3. The van der Waals surface area contributed by atoms with E-state index < -0.39 is 0 Å². The normalized spacial score (nSPS) is 15.3. The summed E-state index contributed by atoms with van der Waals surface area (Å²) in [5.41, 5.74) is 3.00. The van der Waals surface area contributed by atoms with Gasteiger partial charge >= 0.3 is 0 Å². The standard InChI is InChI=1S/C15H23N/c1-2-5-13-6-3-7-14(12-13)8-4-11-16-15-9-10-15/h3,6-7,12,15-16H,2,4-5,8-11H2,1H3. The van der Waals surface area contributed by atoms with Crippen molar-refractivity contribution in [3.8, 4) is 0 Å². The molecule has 1 aliphatic carbocycles. The van der Waals surface area contributed by atoms with Gasteiger partial charge in [0, 0.05) is 6.04 Å². The van der Waals surface area contributed by atoms with Crippen molar-refractivity contribution in [1.29, 1.82) is 0 Å². The molecular weight excluding hydrogens is 194 g/mol. The lowest BCUT2D eigenvalue weighted by Crippen LogP contribution is -2.17. The van der Waals surface area contributed by atoms with Crippen LogP contribution in [0.2, 0.25) is 0 Å². The second-order valence-electron chi connectivity index (χ2n) is 4.90. The molecule has 0 heterocycles. The Morgan fingerprint density at radius 1 is 1.19 bits per heavy atom. The first kappa shape index (κ1) is 11.7. The number of rotatable bonds is 7. The van der Waals surface area contributed by atoms with E-state index in [0.717, 1.165) is 6.04 Å². The number of benzene rings is 1. The van der Waals surface area contributed by atoms with Crippen LogP contribution in [0, 0.1) is 0 Å². The predicted octanol–water partition coefficient (Wildman–Crippen LogP) is 3.32. The predicted molar refractivity (Wildman–Crippen MR) is 69.8 cm³/mol. The number of hydrogen-bond acceptors (Lipinski definition) is 1. The summed E-state index contributed by atoms with van der Waals surface area (Å²) in [6, 6.07) is 9.94. The fourth-order valence-corrected chi connectivity index (χ4v) is 2.12. The lowest BCUT2D eigenvalue weighted by atomic mass is 10.0. The quantitative estimate of drug-likeness (QED) is 0.691. The molecule has 16 heavy (non-hydrogen) atoms. The summed E-state index contributed by atoms with van der Waals surface area (Å²) in [4.78, 5) is 0. The van der Waals surface area contributed by atoms with E-state index in [1.807, 2.05) is 0 Å². The Bertz CT molecular complexity index is 315. The Morgan fingerprint density at radius 2 is 1.94 bits per heavy atom. The van der Waals surface area contributed by atoms with Crippen LogP contribution in [0.25, 0.3) is 0 Å². The average molecular weight is 217 g/mol. The van der Waals surface area contributed by atoms with Crippen molar-refractivity contribution in [3.63, 3.8) is 0 Å². The highest BCUT2D eigenvalue weighted by atomic mass is 14.9. The second-order valence-corrected chi connectivity index (χ2v) is 4.90. The molecule has 1 aliphatic rings. The Balaban J connectivity index is 1.71. The molecule has 1 fully saturated rings. The Kier molecular flexibility index (Phi) is 4.41. The molecule has 0 bridgehead atoms. The Hall–Kier alpha value is -0.820. The first-order chi connectivity index (χ1) is 7.88. The minimum absolute atomic E-state index is 0.853. The van der Waals surface area contributed by atoms with Gasteiger partial charge < -0.3 is 5.32 Å². The lowest BCUT2D eigenvalue weighted by Gasteiger charge is -2.05. The molecule has 1 heteroatoms. The molecule has 0 aliphatic heterocycles. The second kappa shape index (κ2) is 6.05. The van der Waals surface area contributed by atoms with Gasteiger partial charge in [-0.15, -0.1) is 0 Å². The molecule has 88 valence electrons. The molecule has 0 atom stereocenters. The topological polar surface area (TPSA) is 12.0 Å². The maximum atomic E-state index is 3.57. The molecule has 1 saturated carbocycles.